The number of hydrogen-bond acceptors (Lipinski definition) is 0. The molecule has 0 nitrogen and oxygen atoms in total. The van der Waals surface area contributed by atoms with E-state index in [2.05, 4.69) is 25.5 Å². The van der Waals surface area contributed by atoms with Crippen molar-refractivity contribution in [2.45, 2.75) is 19.8 Å². The van der Waals surface area contributed by atoms with Crippen LogP contribution in [0, 0.1) is 12.3 Å². The largest absolute Gasteiger partial charge is 0.0882 e. The van der Waals surface area contributed by atoms with Gasteiger partial charge in [0.05, 0.1) is 0 Å². The fraction of sp³-hybridized carbons (Fsp3) is 0.571. The molecule has 1 rings (SSSR count). The highest BCUT2D eigenvalue weighted by atomic mass is 14.1. The van der Waals surface area contributed by atoms with Gasteiger partial charge in [-0.1, -0.05) is 19.1 Å². The second-order valence-corrected chi connectivity index (χ2v) is 2.18. The Balaban J connectivity index is 2.32. The summed E-state index contributed by atoms with van der Waals surface area (Å²) in [5.41, 5.74) is 0. The van der Waals surface area contributed by atoms with Crippen LogP contribution in [0.1, 0.15) is 19.8 Å². The molecule has 0 heteroatoms. The van der Waals surface area contributed by atoms with Crippen LogP contribution in [0.25, 0.3) is 0 Å². The lowest BCUT2D eigenvalue weighted by Gasteiger charge is -2.09. The number of rotatable bonds is 0. The Hall–Kier alpha value is -0.260. The minimum Gasteiger partial charge on any atom is -0.0882 e. The highest BCUT2D eigenvalue weighted by Gasteiger charge is 2.00. The van der Waals surface area contributed by atoms with Gasteiger partial charge in [-0.25, -0.2) is 0 Å². The highest BCUT2D eigenvalue weighted by molar-refractivity contribution is 5.01. The van der Waals surface area contributed by atoms with E-state index in [1.54, 1.807) is 0 Å². The Morgan fingerprint density at radius 1 is 1.57 bits per heavy atom. The number of hydrogen-bond donors (Lipinski definition) is 0. The van der Waals surface area contributed by atoms with E-state index >= 15 is 0 Å². The van der Waals surface area contributed by atoms with E-state index in [0.717, 1.165) is 5.92 Å². The van der Waals surface area contributed by atoms with E-state index in [9.17, 15) is 0 Å². The second kappa shape index (κ2) is 2.15. The van der Waals surface area contributed by atoms with Crippen molar-refractivity contribution in [3.8, 4) is 0 Å². The Morgan fingerprint density at radius 2 is 2.43 bits per heavy atom. The van der Waals surface area contributed by atoms with E-state index in [0.29, 0.717) is 0 Å². The Kier molecular flexibility index (Phi) is 1.50. The van der Waals surface area contributed by atoms with Crippen LogP contribution in [0.2, 0.25) is 0 Å². The number of allylic oxidation sites excluding steroid dienone is 2. The molecule has 1 unspecified atom stereocenters. The van der Waals surface area contributed by atoms with E-state index < -0.39 is 0 Å². The predicted octanol–water partition coefficient (Wildman–Crippen LogP) is 2.18. The minimum absolute atomic E-state index is 0.824. The summed E-state index contributed by atoms with van der Waals surface area (Å²) in [6.07, 6.45) is 9.26. The van der Waals surface area contributed by atoms with E-state index in [-0.39, 0.29) is 0 Å². The first kappa shape index (κ1) is 4.89. The van der Waals surface area contributed by atoms with Gasteiger partial charge in [0.25, 0.3) is 0 Å². The van der Waals surface area contributed by atoms with Crippen LogP contribution in [0.3, 0.4) is 0 Å². The molecule has 39 valence electrons. The quantitative estimate of drug-likeness (QED) is 0.432. The molecule has 0 spiro atoms. The maximum absolute atomic E-state index is 2.25. The summed E-state index contributed by atoms with van der Waals surface area (Å²) < 4.78 is 0. The van der Waals surface area contributed by atoms with Gasteiger partial charge in [0.1, 0.15) is 0 Å². The van der Waals surface area contributed by atoms with Gasteiger partial charge in [0, 0.05) is 0 Å². The van der Waals surface area contributed by atoms with E-state index in [4.69, 9.17) is 0 Å². The molecule has 0 aliphatic heterocycles. The summed E-state index contributed by atoms with van der Waals surface area (Å²) in [5.74, 6) is 0.824. The molecular weight excluding hydrogens is 84.1 g/mol. The Bertz CT molecular complexity index is 72.1. The SMILES string of the molecule is CC1[CH]C=CCC1. The molecular formula is C7H11. The first-order chi connectivity index (χ1) is 3.39. The molecule has 0 N–H and O–H groups in total. The average Bonchev–Trinajstić information content (AvgIpc) is 1.69. The molecule has 1 radical (unpaired) electrons. The molecule has 0 saturated heterocycles. The third-order valence-corrected chi connectivity index (χ3v) is 1.36. The first-order valence-electron chi connectivity index (χ1n) is 2.89. The van der Waals surface area contributed by atoms with Crippen molar-refractivity contribution in [2.75, 3.05) is 0 Å². The molecule has 0 heterocycles. The smallest absolute Gasteiger partial charge is 0.0142 e. The van der Waals surface area contributed by atoms with E-state index in [1.807, 2.05) is 0 Å². The molecule has 7 heavy (non-hydrogen) atoms. The Labute approximate surface area is 45.2 Å². The zero-order chi connectivity index (χ0) is 5.11. The van der Waals surface area contributed by atoms with Gasteiger partial charge in [0.15, 0.2) is 0 Å². The average molecular weight is 95.2 g/mol. The van der Waals surface area contributed by atoms with Gasteiger partial charge >= 0.3 is 0 Å². The topological polar surface area (TPSA) is 0 Å². The molecule has 0 aromatic rings. The summed E-state index contributed by atoms with van der Waals surface area (Å²) in [5, 5.41) is 0. The first-order valence-corrected chi connectivity index (χ1v) is 2.89. The molecule has 0 aromatic carbocycles. The molecule has 1 atom stereocenters. The monoisotopic (exact) mass is 95.1 g/mol. The van der Waals surface area contributed by atoms with Gasteiger partial charge in [-0.15, -0.1) is 0 Å². The van der Waals surface area contributed by atoms with Crippen LogP contribution in [0.15, 0.2) is 12.2 Å². The van der Waals surface area contributed by atoms with Gasteiger partial charge in [0.2, 0.25) is 0 Å². The summed E-state index contributed by atoms with van der Waals surface area (Å²) >= 11 is 0. The summed E-state index contributed by atoms with van der Waals surface area (Å²) in [7, 11) is 0. The Morgan fingerprint density at radius 3 is 2.71 bits per heavy atom. The predicted molar refractivity (Wildman–Crippen MR) is 31.8 cm³/mol. The highest BCUT2D eigenvalue weighted by Crippen LogP contribution is 2.14. The maximum atomic E-state index is 2.25. The van der Waals surface area contributed by atoms with Crippen molar-refractivity contribution in [3.63, 3.8) is 0 Å². The fourth-order valence-electron chi connectivity index (χ4n) is 0.820. The van der Waals surface area contributed by atoms with Crippen LogP contribution in [-0.4, -0.2) is 0 Å². The molecule has 1 aliphatic carbocycles. The van der Waals surface area contributed by atoms with Gasteiger partial charge in [-0.05, 0) is 25.2 Å². The lowest BCUT2D eigenvalue weighted by molar-refractivity contribution is 0.612. The molecule has 0 bridgehead atoms. The fourth-order valence-corrected chi connectivity index (χ4v) is 0.820. The standard InChI is InChI=1S/C7H11/c1-7-5-3-2-4-6-7/h2-3,5,7H,4,6H2,1H3. The van der Waals surface area contributed by atoms with Crippen molar-refractivity contribution < 1.29 is 0 Å². The molecule has 0 amide bonds. The summed E-state index contributed by atoms with van der Waals surface area (Å²) in [6.45, 7) is 2.25. The molecule has 0 fully saturated rings. The van der Waals surface area contributed by atoms with Crippen LogP contribution in [0.4, 0.5) is 0 Å². The normalized spacial score (nSPS) is 30.7. The van der Waals surface area contributed by atoms with Crippen molar-refractivity contribution >= 4 is 0 Å². The van der Waals surface area contributed by atoms with Crippen molar-refractivity contribution in [2.24, 2.45) is 5.92 Å². The minimum atomic E-state index is 0.824. The third kappa shape index (κ3) is 1.34. The van der Waals surface area contributed by atoms with Crippen molar-refractivity contribution in [1.29, 1.82) is 0 Å². The van der Waals surface area contributed by atoms with E-state index in [1.165, 1.54) is 12.8 Å². The van der Waals surface area contributed by atoms with Gasteiger partial charge < -0.3 is 0 Å². The molecule has 0 aromatic heterocycles. The lowest BCUT2D eigenvalue weighted by Crippen LogP contribution is -1.95. The zero-order valence-corrected chi connectivity index (χ0v) is 4.72. The molecule has 1 aliphatic rings. The van der Waals surface area contributed by atoms with Crippen molar-refractivity contribution in [1.82, 2.24) is 0 Å². The third-order valence-electron chi connectivity index (χ3n) is 1.36. The van der Waals surface area contributed by atoms with Gasteiger partial charge in [-0.2, -0.15) is 0 Å². The summed E-state index contributed by atoms with van der Waals surface area (Å²) in [4.78, 5) is 0. The summed E-state index contributed by atoms with van der Waals surface area (Å²) in [6, 6.07) is 0. The lowest BCUT2D eigenvalue weighted by atomic mass is 9.97. The van der Waals surface area contributed by atoms with Crippen LogP contribution >= 0.6 is 0 Å². The van der Waals surface area contributed by atoms with Gasteiger partial charge in [-0.3, -0.25) is 0 Å². The van der Waals surface area contributed by atoms with Crippen LogP contribution in [-0.2, 0) is 0 Å². The van der Waals surface area contributed by atoms with Crippen LogP contribution in [0.5, 0.6) is 0 Å². The van der Waals surface area contributed by atoms with Crippen molar-refractivity contribution in [3.05, 3.63) is 18.6 Å². The van der Waals surface area contributed by atoms with Crippen LogP contribution < -0.4 is 0 Å². The maximum Gasteiger partial charge on any atom is -0.0142 e. The second-order valence-electron chi connectivity index (χ2n) is 2.18. The molecule has 0 saturated carbocycles. The zero-order valence-electron chi connectivity index (χ0n) is 4.72.